The number of hydrogen-bond acceptors (Lipinski definition) is 10. The molecular weight excluding hydrogens is 837 g/mol. The second-order valence-electron chi connectivity index (χ2n) is 13.4. The molecule has 2 aliphatic heterocycles. The molecule has 4 rings (SSSR count). The van der Waals surface area contributed by atoms with Gasteiger partial charge in [0, 0.05) is 86.4 Å². The number of hydrogen-bond donors (Lipinski definition) is 3. The zero-order valence-electron chi connectivity index (χ0n) is 30.7. The van der Waals surface area contributed by atoms with E-state index in [4.69, 9.17) is 32.8 Å². The van der Waals surface area contributed by atoms with Gasteiger partial charge in [-0.2, -0.15) is 9.59 Å². The third kappa shape index (κ3) is 14.4. The maximum atomic E-state index is 14.0. The number of carbonyl (C=O) groups is 5. The lowest BCUT2D eigenvalue weighted by Gasteiger charge is -2.32. The Hall–Kier alpha value is -4.09. The molecule has 2 saturated heterocycles. The summed E-state index contributed by atoms with van der Waals surface area (Å²) in [6.45, 7) is 5.45. The van der Waals surface area contributed by atoms with Gasteiger partial charge >= 0.3 is 24.2 Å². The van der Waals surface area contributed by atoms with Crippen molar-refractivity contribution in [2.75, 3.05) is 90.5 Å². The van der Waals surface area contributed by atoms with E-state index in [9.17, 15) is 34.2 Å². The number of imide groups is 1. The summed E-state index contributed by atoms with van der Waals surface area (Å²) in [5.41, 5.74) is -0.00590. The number of rotatable bonds is 12. The predicted octanol–water partition coefficient (Wildman–Crippen LogP) is 4.09. The fourth-order valence-corrected chi connectivity index (χ4v) is 7.14. The summed E-state index contributed by atoms with van der Waals surface area (Å²) < 4.78 is 0.896. The number of aliphatic carboxylic acids is 1. The summed E-state index contributed by atoms with van der Waals surface area (Å²) in [5.74, 6) is -1.56. The maximum Gasteiger partial charge on any atom is 0.407 e. The smallest absolute Gasteiger partial charge is 0.407 e. The highest BCUT2D eigenvalue weighted by Crippen LogP contribution is 2.37. The van der Waals surface area contributed by atoms with Gasteiger partial charge in [0.2, 0.25) is 5.91 Å². The first-order valence-corrected chi connectivity index (χ1v) is 19.1. The minimum absolute atomic E-state index is 0. The summed E-state index contributed by atoms with van der Waals surface area (Å²) in [4.78, 5) is 90.0. The molecule has 0 unspecified atom stereocenters. The lowest BCUT2D eigenvalue weighted by Crippen LogP contribution is -2.49. The molecule has 1 atom stereocenters. The van der Waals surface area contributed by atoms with Crippen LogP contribution in [0, 0.1) is 0 Å². The fourth-order valence-electron chi connectivity index (χ4n) is 6.36. The third-order valence-electron chi connectivity index (χ3n) is 9.34. The van der Waals surface area contributed by atoms with Crippen LogP contribution in [0.1, 0.15) is 32.8 Å². The number of carbonyl (C=O) groups excluding carboxylic acids is 5. The number of carboxylic acid groups (broad SMARTS) is 2. The number of unbranched alkanes of at least 4 members (excludes halogenated alkanes) is 1. The molecule has 308 valence electrons. The van der Waals surface area contributed by atoms with Crippen molar-refractivity contribution in [3.05, 3.63) is 62.5 Å². The van der Waals surface area contributed by atoms with Gasteiger partial charge in [-0.25, -0.2) is 14.5 Å². The quantitative estimate of drug-likeness (QED) is 0.205. The lowest BCUT2D eigenvalue weighted by atomic mass is 9.91. The Bertz CT molecular complexity index is 1680. The lowest BCUT2D eigenvalue weighted by molar-refractivity contribution is -0.191. The van der Waals surface area contributed by atoms with Gasteiger partial charge in [-0.1, -0.05) is 58.7 Å². The average molecular weight is 888 g/mol. The van der Waals surface area contributed by atoms with E-state index in [0.717, 1.165) is 14.9 Å². The zero-order chi connectivity index (χ0) is 40.7. The van der Waals surface area contributed by atoms with Gasteiger partial charge in [0.05, 0.1) is 18.8 Å². The molecule has 2 aliphatic rings. The number of benzene rings is 2. The zero-order valence-corrected chi connectivity index (χ0v) is 33.8. The summed E-state index contributed by atoms with van der Waals surface area (Å²) in [6, 6.07) is 11.7. The second kappa shape index (κ2) is 23.2. The van der Waals surface area contributed by atoms with Crippen LogP contribution in [0.4, 0.5) is 15.3 Å². The van der Waals surface area contributed by atoms with Crippen LogP contribution in [0.5, 0.6) is 0 Å². The van der Waals surface area contributed by atoms with Crippen molar-refractivity contribution in [2.45, 2.75) is 39.2 Å². The molecule has 3 N–H and O–H groups in total. The van der Waals surface area contributed by atoms with Crippen molar-refractivity contribution in [1.29, 1.82) is 0 Å². The van der Waals surface area contributed by atoms with E-state index in [-0.39, 0.29) is 64.5 Å². The van der Waals surface area contributed by atoms with E-state index in [0.29, 0.717) is 74.4 Å². The van der Waals surface area contributed by atoms with E-state index in [1.807, 2.05) is 36.2 Å². The minimum atomic E-state index is -1.19. The largest absolute Gasteiger partial charge is 0.480 e. The molecule has 19 heteroatoms. The van der Waals surface area contributed by atoms with Gasteiger partial charge in [-0.05, 0) is 62.7 Å². The van der Waals surface area contributed by atoms with Crippen LogP contribution >= 0.6 is 39.1 Å². The number of amides is 5. The fraction of sp³-hybridized carbons (Fsp3) is 0.514. The summed E-state index contributed by atoms with van der Waals surface area (Å²) in [6.07, 6.45) is 0.501. The normalized spacial score (nSPS) is 18.8. The van der Waals surface area contributed by atoms with Gasteiger partial charge < -0.3 is 30.2 Å². The van der Waals surface area contributed by atoms with Crippen LogP contribution < -0.4 is 10.2 Å². The predicted molar refractivity (Wildman–Crippen MR) is 214 cm³/mol. The topological polar surface area (TPSA) is 191 Å². The monoisotopic (exact) mass is 885 g/mol. The van der Waals surface area contributed by atoms with Crippen molar-refractivity contribution in [2.24, 2.45) is 0 Å². The van der Waals surface area contributed by atoms with Crippen LogP contribution in [0.3, 0.4) is 0 Å². The van der Waals surface area contributed by atoms with E-state index in [1.54, 1.807) is 16.7 Å². The molecule has 0 spiro atoms. The summed E-state index contributed by atoms with van der Waals surface area (Å²) in [7, 11) is 1.93. The van der Waals surface area contributed by atoms with Crippen molar-refractivity contribution in [3.8, 4) is 0 Å². The first-order valence-electron chi connectivity index (χ1n) is 17.5. The highest BCUT2D eigenvalue weighted by Gasteiger charge is 2.54. The van der Waals surface area contributed by atoms with Crippen molar-refractivity contribution in [3.63, 3.8) is 0 Å². The third-order valence-corrected chi connectivity index (χ3v) is 10.3. The van der Waals surface area contributed by atoms with Crippen molar-refractivity contribution in [1.82, 2.24) is 29.8 Å². The molecule has 0 bridgehead atoms. The molecule has 5 amide bonds. The molecule has 16 nitrogen and oxygen atoms in total. The number of likely N-dealkylation sites (N-methyl/N-ethyl adjacent to an activating group) is 1. The van der Waals surface area contributed by atoms with Gasteiger partial charge in [0.15, 0.2) is 0 Å². The highest BCUT2D eigenvalue weighted by atomic mass is 79.9. The molecule has 56 heavy (non-hydrogen) atoms. The van der Waals surface area contributed by atoms with Crippen LogP contribution in [0.25, 0.3) is 0 Å². The van der Waals surface area contributed by atoms with Crippen LogP contribution in [0.15, 0.2) is 46.9 Å². The molecular formula is C37H50BrCl2N7O9. The van der Waals surface area contributed by atoms with Crippen LogP contribution in [-0.4, -0.2) is 162 Å². The number of halogens is 3. The number of urea groups is 1. The van der Waals surface area contributed by atoms with Crippen molar-refractivity contribution >= 4 is 80.9 Å². The molecule has 2 aromatic carbocycles. The Balaban J connectivity index is 0.00000262. The van der Waals surface area contributed by atoms with E-state index in [1.165, 1.54) is 23.1 Å². The molecule has 2 fully saturated rings. The van der Waals surface area contributed by atoms with Gasteiger partial charge in [0.25, 0.3) is 5.91 Å². The number of carboxylic acids is 1. The second-order valence-corrected chi connectivity index (χ2v) is 15.2. The standard InChI is InChI=1S/C35H46BrCl2N7O7.CO2.CH4/c1-35(22-25-5-7-26(36)8-6-25)32(49)45(29-20-27(37)19-28(38)21-29)33(50)44(35)10-4-3-9-39-30(46)23-41-13-11-40(2)12-14-42(24-31(47)48)16-18-43(17-15-41)34(51)52;2-1-3;/h5-8,19-21H,3-4,9-18,22-24H2,1-2H3,(H,39,46)(H,47,48)(H,51,52);;1H4/t35-;;/m0../s1. The Morgan fingerprint density at radius 3 is 1.93 bits per heavy atom. The number of anilines is 1. The maximum absolute atomic E-state index is 14.0. The van der Waals surface area contributed by atoms with Crippen LogP contribution in [-0.2, 0) is 30.4 Å². The van der Waals surface area contributed by atoms with Crippen molar-refractivity contribution < 1.29 is 43.8 Å². The first kappa shape index (κ1) is 48.1. The SMILES string of the molecule is C.CN1CCN(CC(=O)O)CCN(C(=O)O)CCN(CC(=O)NCCCCN2C(=O)N(c3cc(Cl)cc(Cl)c3)C(=O)[C@]2(C)Cc2ccc(Br)cc2)CC1.O=C=O. The molecule has 0 radical (unpaired) electrons. The minimum Gasteiger partial charge on any atom is -0.480 e. The van der Waals surface area contributed by atoms with E-state index in [2.05, 4.69) is 26.1 Å². The summed E-state index contributed by atoms with van der Waals surface area (Å²) >= 11 is 15.9. The molecule has 2 heterocycles. The van der Waals surface area contributed by atoms with Crippen LogP contribution in [0.2, 0.25) is 10.0 Å². The van der Waals surface area contributed by atoms with E-state index >= 15 is 0 Å². The first-order chi connectivity index (χ1) is 26.1. The number of nitrogens with zero attached hydrogens (tertiary/aromatic N) is 6. The van der Waals surface area contributed by atoms with Gasteiger partial charge in [-0.3, -0.25) is 24.2 Å². The molecule has 0 aromatic heterocycles. The Morgan fingerprint density at radius 1 is 0.857 bits per heavy atom. The van der Waals surface area contributed by atoms with Gasteiger partial charge in [0.1, 0.15) is 5.54 Å². The Kier molecular flexibility index (Phi) is 19.9. The van der Waals surface area contributed by atoms with E-state index < -0.39 is 23.6 Å². The number of nitrogens with one attached hydrogen (secondary N) is 1. The molecule has 0 saturated carbocycles. The highest BCUT2D eigenvalue weighted by molar-refractivity contribution is 9.10. The molecule has 0 aliphatic carbocycles. The molecule has 2 aromatic rings. The summed E-state index contributed by atoms with van der Waals surface area (Å²) in [5, 5.41) is 22.5. The Morgan fingerprint density at radius 2 is 1.39 bits per heavy atom. The Labute approximate surface area is 345 Å². The average Bonchev–Trinajstić information content (AvgIpc) is 3.28. The van der Waals surface area contributed by atoms with Gasteiger partial charge in [-0.15, -0.1) is 0 Å².